The van der Waals surface area contributed by atoms with Crippen molar-refractivity contribution in [2.75, 3.05) is 0 Å². The van der Waals surface area contributed by atoms with Crippen molar-refractivity contribution in [2.24, 2.45) is 0 Å². The van der Waals surface area contributed by atoms with Crippen LogP contribution in [0.4, 0.5) is 0 Å². The van der Waals surface area contributed by atoms with E-state index in [0.717, 1.165) is 45.7 Å². The third-order valence-electron chi connectivity index (χ3n) is 9.66. The normalized spacial score (nSPS) is 14.5. The van der Waals surface area contributed by atoms with Gasteiger partial charge < -0.3 is 0 Å². The van der Waals surface area contributed by atoms with E-state index in [1.54, 1.807) is 0 Å². The third kappa shape index (κ3) is 3.62. The average Bonchev–Trinajstić information content (AvgIpc) is 3.52. The summed E-state index contributed by atoms with van der Waals surface area (Å²) < 4.78 is 2.28. The highest BCUT2D eigenvalue weighted by molar-refractivity contribution is 6.11. The largest absolute Gasteiger partial charge is 0.278 e. The Balaban J connectivity index is 1.31. The molecule has 0 atom stereocenters. The van der Waals surface area contributed by atoms with E-state index >= 15 is 0 Å². The molecule has 0 saturated heterocycles. The Labute approximate surface area is 256 Å². The van der Waals surface area contributed by atoms with Gasteiger partial charge in [0.05, 0.1) is 22.1 Å². The van der Waals surface area contributed by atoms with Crippen molar-refractivity contribution in [3.8, 4) is 39.5 Å². The number of aromatic nitrogens is 3. The summed E-state index contributed by atoms with van der Waals surface area (Å²) in [5, 5.41) is 4.61. The second-order valence-electron chi connectivity index (χ2n) is 12.5. The molecule has 0 spiro atoms. The van der Waals surface area contributed by atoms with E-state index in [4.69, 9.17) is 9.97 Å². The molecular formula is C41H31N3. The lowest BCUT2D eigenvalue weighted by Crippen LogP contribution is -2.34. The van der Waals surface area contributed by atoms with Crippen molar-refractivity contribution in [1.82, 2.24) is 14.5 Å². The predicted molar refractivity (Wildman–Crippen MR) is 182 cm³/mol. The molecule has 0 amide bonds. The third-order valence-corrected chi connectivity index (χ3v) is 9.66. The van der Waals surface area contributed by atoms with Gasteiger partial charge in [0, 0.05) is 27.0 Å². The van der Waals surface area contributed by atoms with Gasteiger partial charge in [-0.2, -0.15) is 0 Å². The van der Waals surface area contributed by atoms with E-state index in [-0.39, 0.29) is 5.41 Å². The minimum atomic E-state index is -0.0600. The zero-order valence-electron chi connectivity index (χ0n) is 24.9. The van der Waals surface area contributed by atoms with Gasteiger partial charge in [0.15, 0.2) is 0 Å². The van der Waals surface area contributed by atoms with Crippen LogP contribution >= 0.6 is 0 Å². The van der Waals surface area contributed by atoms with Crippen molar-refractivity contribution >= 4 is 34.0 Å². The van der Waals surface area contributed by atoms with E-state index in [1.165, 1.54) is 44.2 Å². The van der Waals surface area contributed by atoms with Crippen molar-refractivity contribution < 1.29 is 0 Å². The summed E-state index contributed by atoms with van der Waals surface area (Å²) >= 11 is 0. The zero-order chi connectivity index (χ0) is 29.4. The highest BCUT2D eigenvalue weighted by Crippen LogP contribution is 2.50. The molecule has 44 heavy (non-hydrogen) atoms. The van der Waals surface area contributed by atoms with Gasteiger partial charge >= 0.3 is 0 Å². The summed E-state index contributed by atoms with van der Waals surface area (Å²) in [5.74, 6) is 0.717. The first kappa shape index (κ1) is 25.2. The van der Waals surface area contributed by atoms with Gasteiger partial charge in [0.1, 0.15) is 0 Å². The maximum atomic E-state index is 5.37. The predicted octanol–water partition coefficient (Wildman–Crippen LogP) is 8.57. The lowest BCUT2D eigenvalue weighted by molar-refractivity contribution is 0.661. The smallest absolute Gasteiger partial charge is 0.235 e. The van der Waals surface area contributed by atoms with Crippen LogP contribution in [0.25, 0.3) is 73.4 Å². The molecular weight excluding hydrogens is 534 g/mol. The Morgan fingerprint density at radius 3 is 2.14 bits per heavy atom. The van der Waals surface area contributed by atoms with Gasteiger partial charge in [0.25, 0.3) is 0 Å². The van der Waals surface area contributed by atoms with Gasteiger partial charge in [-0.3, -0.25) is 4.57 Å². The summed E-state index contributed by atoms with van der Waals surface area (Å²) in [7, 11) is 0. The first-order valence-corrected chi connectivity index (χ1v) is 15.5. The van der Waals surface area contributed by atoms with Crippen LogP contribution in [0.1, 0.15) is 37.8 Å². The van der Waals surface area contributed by atoms with E-state index < -0.39 is 0 Å². The van der Waals surface area contributed by atoms with Crippen LogP contribution in [0.5, 0.6) is 0 Å². The SMILES string of the molecule is CC1(C)c2ccccc2-c2cc3c(cc21)c1ccccc1n3-c1nc(-c2ccc(-c3ccccc3)cc2)c2c(n1)=CCCC=2. The lowest BCUT2D eigenvalue weighted by Gasteiger charge is -2.21. The Morgan fingerprint density at radius 1 is 0.568 bits per heavy atom. The van der Waals surface area contributed by atoms with Crippen molar-refractivity contribution in [1.29, 1.82) is 0 Å². The van der Waals surface area contributed by atoms with Crippen LogP contribution in [0, 0.1) is 0 Å². The van der Waals surface area contributed by atoms with Gasteiger partial charge in [0.2, 0.25) is 5.95 Å². The van der Waals surface area contributed by atoms with E-state index in [1.807, 2.05) is 0 Å². The molecule has 0 aliphatic heterocycles. The molecule has 0 fully saturated rings. The summed E-state index contributed by atoms with van der Waals surface area (Å²) in [4.78, 5) is 10.6. The van der Waals surface area contributed by atoms with Crippen molar-refractivity contribution in [2.45, 2.75) is 32.1 Å². The maximum Gasteiger partial charge on any atom is 0.235 e. The highest BCUT2D eigenvalue weighted by Gasteiger charge is 2.36. The fourth-order valence-electron chi connectivity index (χ4n) is 7.43. The molecule has 2 heterocycles. The molecule has 2 aliphatic rings. The fourth-order valence-corrected chi connectivity index (χ4v) is 7.43. The minimum absolute atomic E-state index is 0.0600. The number of nitrogens with zero attached hydrogens (tertiary/aromatic N) is 3. The summed E-state index contributed by atoms with van der Waals surface area (Å²) in [6.45, 7) is 4.69. The van der Waals surface area contributed by atoms with E-state index in [9.17, 15) is 0 Å². The number of para-hydroxylation sites is 1. The summed E-state index contributed by atoms with van der Waals surface area (Å²) in [6, 6.07) is 41.7. The van der Waals surface area contributed by atoms with E-state index in [0.29, 0.717) is 5.95 Å². The van der Waals surface area contributed by atoms with Crippen LogP contribution in [0.15, 0.2) is 115 Å². The van der Waals surface area contributed by atoms with Crippen LogP contribution in [0.2, 0.25) is 0 Å². The molecule has 0 radical (unpaired) electrons. The summed E-state index contributed by atoms with van der Waals surface area (Å²) in [5.41, 5.74) is 12.1. The topological polar surface area (TPSA) is 30.7 Å². The standard InChI is InChI=1S/C41H31N3/c1-41(2)34-17-9-6-14-29(34)32-25-38-33(24-35(32)41)30-15-8-11-19-37(30)44(38)40-42-36-18-10-7-16-31(36)39(43-40)28-22-20-27(21-23-28)26-12-4-3-5-13-26/h3-6,8-9,11-25H,7,10H2,1-2H3. The number of hydrogen-bond donors (Lipinski definition) is 0. The van der Waals surface area contributed by atoms with Crippen LogP contribution in [0.3, 0.4) is 0 Å². The fraction of sp³-hybridized carbons (Fsp3) is 0.122. The highest BCUT2D eigenvalue weighted by atomic mass is 15.2. The molecule has 2 aliphatic carbocycles. The molecule has 0 N–H and O–H groups in total. The number of hydrogen-bond acceptors (Lipinski definition) is 2. The zero-order valence-corrected chi connectivity index (χ0v) is 24.9. The second-order valence-corrected chi connectivity index (χ2v) is 12.5. The van der Waals surface area contributed by atoms with Crippen LogP contribution in [-0.4, -0.2) is 14.5 Å². The minimum Gasteiger partial charge on any atom is -0.278 e. The molecule has 3 nitrogen and oxygen atoms in total. The second kappa shape index (κ2) is 9.36. The molecule has 0 saturated carbocycles. The quantitative estimate of drug-likeness (QED) is 0.215. The maximum absolute atomic E-state index is 5.37. The van der Waals surface area contributed by atoms with E-state index in [2.05, 4.69) is 146 Å². The Kier molecular flexibility index (Phi) is 5.37. The summed E-state index contributed by atoms with van der Waals surface area (Å²) in [6.07, 6.45) is 6.56. The van der Waals surface area contributed by atoms with Crippen molar-refractivity contribution in [3.05, 3.63) is 137 Å². The lowest BCUT2D eigenvalue weighted by atomic mass is 9.82. The molecule has 9 rings (SSSR count). The molecule has 5 aromatic carbocycles. The monoisotopic (exact) mass is 565 g/mol. The molecule has 210 valence electrons. The van der Waals surface area contributed by atoms with Gasteiger partial charge in [-0.15, -0.1) is 0 Å². The first-order valence-electron chi connectivity index (χ1n) is 15.5. The molecule has 3 heteroatoms. The molecule has 7 aromatic rings. The van der Waals surface area contributed by atoms with Crippen LogP contribution < -0.4 is 10.6 Å². The van der Waals surface area contributed by atoms with Crippen molar-refractivity contribution in [3.63, 3.8) is 0 Å². The first-order chi connectivity index (χ1) is 21.6. The number of fused-ring (bicyclic) bond motifs is 7. The Hall–Kier alpha value is -5.28. The van der Waals surface area contributed by atoms with Crippen LogP contribution in [-0.2, 0) is 5.41 Å². The molecule has 0 unspecified atom stereocenters. The van der Waals surface area contributed by atoms with Gasteiger partial charge in [-0.05, 0) is 64.4 Å². The number of benzene rings is 5. The molecule has 0 bridgehead atoms. The molecule has 2 aromatic heterocycles. The Bertz CT molecular complexity index is 2390. The van der Waals surface area contributed by atoms with Gasteiger partial charge in [-0.1, -0.05) is 123 Å². The number of rotatable bonds is 3. The average molecular weight is 566 g/mol. The Morgan fingerprint density at radius 2 is 1.27 bits per heavy atom. The van der Waals surface area contributed by atoms with Gasteiger partial charge in [-0.25, -0.2) is 9.97 Å².